The summed E-state index contributed by atoms with van der Waals surface area (Å²) in [6.07, 6.45) is -2.65. The summed E-state index contributed by atoms with van der Waals surface area (Å²) in [7, 11) is 1.21. The molecule has 42 heavy (non-hydrogen) atoms. The molecule has 2 N–H and O–H groups in total. The fourth-order valence-corrected chi connectivity index (χ4v) is 5.27. The molecule has 12 nitrogen and oxygen atoms in total. The van der Waals surface area contributed by atoms with E-state index in [1.165, 1.54) is 18.0 Å². The molecule has 2 aliphatic rings. The predicted molar refractivity (Wildman–Crippen MR) is 147 cm³/mol. The molecule has 1 aromatic carbocycles. The van der Waals surface area contributed by atoms with Gasteiger partial charge in [-0.15, -0.1) is 5.06 Å². The van der Waals surface area contributed by atoms with E-state index in [4.69, 9.17) is 15.0 Å². The number of nitrogens with zero attached hydrogens (tertiary/aromatic N) is 5. The van der Waals surface area contributed by atoms with Crippen molar-refractivity contribution in [3.63, 3.8) is 0 Å². The minimum Gasteiger partial charge on any atom is -0.462 e. The highest BCUT2D eigenvalue weighted by atomic mass is 19.4. The van der Waals surface area contributed by atoms with Crippen molar-refractivity contribution in [2.75, 3.05) is 29.6 Å². The molecule has 0 radical (unpaired) electrons. The second-order valence-corrected chi connectivity index (χ2v) is 10.5. The normalized spacial score (nSPS) is 19.2. The second-order valence-electron chi connectivity index (χ2n) is 10.5. The van der Waals surface area contributed by atoms with Gasteiger partial charge in [0, 0.05) is 32.7 Å². The number of hydroxylamine groups is 1. The minimum atomic E-state index is -5.37. The molecule has 3 aromatic rings. The molecule has 15 heteroatoms. The number of para-hydroxylation sites is 1. The molecule has 0 saturated carbocycles. The minimum absolute atomic E-state index is 0.00836. The lowest BCUT2D eigenvalue weighted by Crippen LogP contribution is -2.60. The van der Waals surface area contributed by atoms with Gasteiger partial charge in [-0.2, -0.15) is 13.2 Å². The summed E-state index contributed by atoms with van der Waals surface area (Å²) in [5.74, 6) is -2.91. The van der Waals surface area contributed by atoms with E-state index in [1.54, 1.807) is 43.0 Å². The zero-order valence-corrected chi connectivity index (χ0v) is 23.1. The molecule has 2 aliphatic heterocycles. The molecule has 0 amide bonds. The number of fused-ring (bicyclic) bond motifs is 2. The number of anilines is 2. The highest BCUT2D eigenvalue weighted by Gasteiger charge is 2.51. The maximum absolute atomic E-state index is 14.2. The van der Waals surface area contributed by atoms with Gasteiger partial charge in [0.1, 0.15) is 17.5 Å². The van der Waals surface area contributed by atoms with Gasteiger partial charge in [0.15, 0.2) is 17.8 Å². The standard InChI is InChI=1S/C27H29F3N6O6/c1-15(2)10-12-34-20-22(36(42-24(39)27(28,29)30)25(34)33-11-6-7-16(31)13-33)32(3)26(40)35(23(20)38)18-14-41-19-9-5-4-8-17(19)21(18)37/h4-5,8-10,14,16,25H,6-7,11-13,31H2,1-3H3. The molecule has 2 unspecified atom stereocenters. The Morgan fingerprint density at radius 2 is 1.90 bits per heavy atom. The Morgan fingerprint density at radius 3 is 2.57 bits per heavy atom. The second kappa shape index (κ2) is 10.8. The maximum Gasteiger partial charge on any atom is 0.493 e. The van der Waals surface area contributed by atoms with E-state index in [0.717, 1.165) is 16.4 Å². The van der Waals surface area contributed by atoms with Crippen LogP contribution in [0.3, 0.4) is 0 Å². The summed E-state index contributed by atoms with van der Waals surface area (Å²) >= 11 is 0. The number of carbonyl (C=O) groups is 1. The van der Waals surface area contributed by atoms with Crippen molar-refractivity contribution in [1.82, 2.24) is 14.0 Å². The van der Waals surface area contributed by atoms with Gasteiger partial charge in [0.25, 0.3) is 5.56 Å². The van der Waals surface area contributed by atoms with Crippen LogP contribution in [0.2, 0.25) is 0 Å². The lowest BCUT2D eigenvalue weighted by molar-refractivity contribution is -0.203. The molecule has 5 rings (SSSR count). The third-order valence-electron chi connectivity index (χ3n) is 7.23. The third kappa shape index (κ3) is 4.98. The molecule has 4 heterocycles. The van der Waals surface area contributed by atoms with Crippen LogP contribution in [0.5, 0.6) is 0 Å². The summed E-state index contributed by atoms with van der Waals surface area (Å²) in [5.41, 5.74) is 3.88. The Labute approximate surface area is 236 Å². The number of alkyl halides is 3. The fourth-order valence-electron chi connectivity index (χ4n) is 5.27. The number of piperidine rings is 1. The highest BCUT2D eigenvalue weighted by molar-refractivity contribution is 5.81. The van der Waals surface area contributed by atoms with Gasteiger partial charge in [0.05, 0.1) is 5.39 Å². The smallest absolute Gasteiger partial charge is 0.462 e. The zero-order chi connectivity index (χ0) is 30.5. The van der Waals surface area contributed by atoms with Crippen molar-refractivity contribution < 1.29 is 27.2 Å². The van der Waals surface area contributed by atoms with Crippen molar-refractivity contribution in [3.8, 4) is 5.69 Å². The van der Waals surface area contributed by atoms with Crippen molar-refractivity contribution in [3.05, 3.63) is 73.2 Å². The average molecular weight is 591 g/mol. The number of carbonyl (C=O) groups excluding carboxylic acids is 1. The Bertz CT molecular complexity index is 1760. The summed E-state index contributed by atoms with van der Waals surface area (Å²) in [6, 6.07) is 5.93. The van der Waals surface area contributed by atoms with E-state index in [0.29, 0.717) is 29.0 Å². The quantitative estimate of drug-likeness (QED) is 0.439. The number of likely N-dealkylation sites (tertiary alicyclic amines) is 1. The molecule has 1 fully saturated rings. The Kier molecular flexibility index (Phi) is 7.49. The fraction of sp³-hybridized carbons (Fsp3) is 0.407. The number of halogens is 3. The van der Waals surface area contributed by atoms with Crippen LogP contribution >= 0.6 is 0 Å². The molecular formula is C27H29F3N6O6. The van der Waals surface area contributed by atoms with Crippen LogP contribution in [0.25, 0.3) is 16.7 Å². The molecule has 1 saturated heterocycles. The largest absolute Gasteiger partial charge is 0.493 e. The number of hydrogen-bond donors (Lipinski definition) is 1. The van der Waals surface area contributed by atoms with Crippen LogP contribution in [-0.4, -0.2) is 58.1 Å². The average Bonchev–Trinajstić information content (AvgIpc) is 3.25. The van der Waals surface area contributed by atoms with Crippen LogP contribution in [0.15, 0.2) is 61.0 Å². The van der Waals surface area contributed by atoms with Gasteiger partial charge in [-0.3, -0.25) is 19.1 Å². The lowest BCUT2D eigenvalue weighted by Gasteiger charge is -2.42. The zero-order valence-electron chi connectivity index (χ0n) is 23.1. The molecule has 0 bridgehead atoms. The Hall–Kier alpha value is -4.37. The summed E-state index contributed by atoms with van der Waals surface area (Å²) in [4.78, 5) is 61.4. The van der Waals surface area contributed by atoms with Crippen molar-refractivity contribution in [1.29, 1.82) is 0 Å². The van der Waals surface area contributed by atoms with Gasteiger partial charge in [-0.25, -0.2) is 14.2 Å². The van der Waals surface area contributed by atoms with E-state index < -0.39 is 35.1 Å². The third-order valence-corrected chi connectivity index (χ3v) is 7.23. The van der Waals surface area contributed by atoms with Gasteiger partial charge < -0.3 is 19.9 Å². The van der Waals surface area contributed by atoms with E-state index in [-0.39, 0.29) is 47.3 Å². The van der Waals surface area contributed by atoms with Gasteiger partial charge in [-0.05, 0) is 38.8 Å². The SMILES string of the molecule is CC(C)=CCN1c2c(n(C)c(=O)n(-c3coc4ccccc4c3=O)c2=O)N(OC(=O)C(F)(F)F)C1N1CCCC(N)C1. The van der Waals surface area contributed by atoms with Crippen molar-refractivity contribution in [2.24, 2.45) is 12.8 Å². The molecule has 2 atom stereocenters. The summed E-state index contributed by atoms with van der Waals surface area (Å²) < 4.78 is 47.3. The first-order chi connectivity index (χ1) is 19.8. The monoisotopic (exact) mass is 590 g/mol. The van der Waals surface area contributed by atoms with Crippen LogP contribution in [-0.2, 0) is 16.7 Å². The molecule has 2 aromatic heterocycles. The van der Waals surface area contributed by atoms with E-state index in [9.17, 15) is 32.3 Å². The van der Waals surface area contributed by atoms with Crippen molar-refractivity contribution in [2.45, 2.75) is 45.2 Å². The summed E-state index contributed by atoms with van der Waals surface area (Å²) in [5, 5.41) is 0.754. The lowest BCUT2D eigenvalue weighted by atomic mass is 10.1. The number of aromatic nitrogens is 2. The molecular weight excluding hydrogens is 561 g/mol. The topological polar surface area (TPSA) is 136 Å². The summed E-state index contributed by atoms with van der Waals surface area (Å²) in [6.45, 7) is 4.15. The van der Waals surface area contributed by atoms with E-state index in [2.05, 4.69) is 0 Å². The maximum atomic E-state index is 14.2. The highest BCUT2D eigenvalue weighted by Crippen LogP contribution is 2.39. The van der Waals surface area contributed by atoms with Crippen LogP contribution in [0.4, 0.5) is 24.7 Å². The van der Waals surface area contributed by atoms with Gasteiger partial charge in [-0.1, -0.05) is 23.8 Å². The van der Waals surface area contributed by atoms with E-state index >= 15 is 0 Å². The Balaban J connectivity index is 1.79. The first kappa shape index (κ1) is 29.1. The Morgan fingerprint density at radius 1 is 1.19 bits per heavy atom. The first-order valence-electron chi connectivity index (χ1n) is 13.2. The number of allylic oxidation sites excluding steroid dienone is 1. The number of benzene rings is 1. The van der Waals surface area contributed by atoms with E-state index in [1.807, 2.05) is 0 Å². The van der Waals surface area contributed by atoms with Crippen LogP contribution in [0.1, 0.15) is 26.7 Å². The molecule has 0 spiro atoms. The molecule has 224 valence electrons. The number of hydrogen-bond acceptors (Lipinski definition) is 10. The van der Waals surface area contributed by atoms with Crippen LogP contribution in [0, 0.1) is 0 Å². The van der Waals surface area contributed by atoms with Gasteiger partial charge >= 0.3 is 17.8 Å². The predicted octanol–water partition coefficient (Wildman–Crippen LogP) is 1.96. The number of nitrogens with two attached hydrogens (primary N) is 1. The first-order valence-corrected chi connectivity index (χ1v) is 13.2. The van der Waals surface area contributed by atoms with Crippen LogP contribution < -0.4 is 32.4 Å². The van der Waals surface area contributed by atoms with Crippen molar-refractivity contribution >= 4 is 28.4 Å². The number of rotatable bonds is 5. The molecule has 0 aliphatic carbocycles. The van der Waals surface area contributed by atoms with Gasteiger partial charge in [0.2, 0.25) is 5.43 Å².